The first kappa shape index (κ1) is 13.1. The lowest BCUT2D eigenvalue weighted by molar-refractivity contribution is -0.117. The summed E-state index contributed by atoms with van der Waals surface area (Å²) in [4.78, 5) is 22.1. The number of nitrogens with one attached hydrogen (secondary N) is 2. The molecule has 1 aromatic carbocycles. The first-order valence-corrected chi connectivity index (χ1v) is 5.03. The standard InChI is InChI=1S/C11H14FN3O2/c1-6(13)11(17)15-8-3-4-9(12)10(5-8)14-7(2)16/h3-6H,13H2,1-2H3,(H,14,16)(H,15,17)/t6-/m1/s1. The summed E-state index contributed by atoms with van der Waals surface area (Å²) in [6.07, 6.45) is 0. The highest BCUT2D eigenvalue weighted by Crippen LogP contribution is 2.19. The van der Waals surface area contributed by atoms with Crippen LogP contribution in [0.5, 0.6) is 0 Å². The summed E-state index contributed by atoms with van der Waals surface area (Å²) < 4.78 is 13.3. The molecule has 1 aromatic rings. The average molecular weight is 239 g/mol. The van der Waals surface area contributed by atoms with Crippen molar-refractivity contribution >= 4 is 23.2 Å². The highest BCUT2D eigenvalue weighted by atomic mass is 19.1. The van der Waals surface area contributed by atoms with Crippen LogP contribution in [0.4, 0.5) is 15.8 Å². The fourth-order valence-corrected chi connectivity index (χ4v) is 1.14. The number of benzene rings is 1. The van der Waals surface area contributed by atoms with Crippen molar-refractivity contribution in [1.29, 1.82) is 0 Å². The molecule has 0 radical (unpaired) electrons. The number of carbonyl (C=O) groups excluding carboxylic acids is 2. The SMILES string of the molecule is CC(=O)Nc1cc(NC(=O)[C@@H](C)N)ccc1F. The van der Waals surface area contributed by atoms with E-state index in [4.69, 9.17) is 5.73 Å². The van der Waals surface area contributed by atoms with E-state index in [0.29, 0.717) is 5.69 Å². The largest absolute Gasteiger partial charge is 0.325 e. The van der Waals surface area contributed by atoms with E-state index in [1.165, 1.54) is 26.0 Å². The molecule has 6 heteroatoms. The van der Waals surface area contributed by atoms with Crippen molar-refractivity contribution in [2.45, 2.75) is 19.9 Å². The molecule has 0 aromatic heterocycles. The van der Waals surface area contributed by atoms with Crippen LogP contribution in [-0.2, 0) is 9.59 Å². The van der Waals surface area contributed by atoms with Crippen LogP contribution in [0.2, 0.25) is 0 Å². The monoisotopic (exact) mass is 239 g/mol. The van der Waals surface area contributed by atoms with Crippen LogP contribution in [0, 0.1) is 5.82 Å². The first-order chi connectivity index (χ1) is 7.90. The second kappa shape index (κ2) is 5.40. The Hall–Kier alpha value is -1.95. The van der Waals surface area contributed by atoms with Crippen molar-refractivity contribution in [2.24, 2.45) is 5.73 Å². The molecule has 0 fully saturated rings. The number of carbonyl (C=O) groups is 2. The van der Waals surface area contributed by atoms with Crippen molar-refractivity contribution < 1.29 is 14.0 Å². The van der Waals surface area contributed by atoms with Gasteiger partial charge >= 0.3 is 0 Å². The Morgan fingerprint density at radius 2 is 2.00 bits per heavy atom. The van der Waals surface area contributed by atoms with Crippen molar-refractivity contribution in [1.82, 2.24) is 0 Å². The van der Waals surface area contributed by atoms with Crippen molar-refractivity contribution in [3.05, 3.63) is 24.0 Å². The molecule has 0 bridgehead atoms. The Morgan fingerprint density at radius 1 is 1.35 bits per heavy atom. The van der Waals surface area contributed by atoms with Gasteiger partial charge in [-0.1, -0.05) is 0 Å². The average Bonchev–Trinajstić information content (AvgIpc) is 2.22. The quantitative estimate of drug-likeness (QED) is 0.737. The van der Waals surface area contributed by atoms with Gasteiger partial charge in [0, 0.05) is 12.6 Å². The minimum absolute atomic E-state index is 0.0139. The smallest absolute Gasteiger partial charge is 0.240 e. The third-order valence-electron chi connectivity index (χ3n) is 1.96. The van der Waals surface area contributed by atoms with Gasteiger partial charge in [0.05, 0.1) is 11.7 Å². The Labute approximate surface area is 98.2 Å². The molecule has 1 rings (SSSR count). The Balaban J connectivity index is 2.88. The molecule has 17 heavy (non-hydrogen) atoms. The number of hydrogen-bond donors (Lipinski definition) is 3. The minimum Gasteiger partial charge on any atom is -0.325 e. The van der Waals surface area contributed by atoms with E-state index in [1.54, 1.807) is 0 Å². The molecule has 0 aliphatic rings. The maximum atomic E-state index is 13.3. The summed E-state index contributed by atoms with van der Waals surface area (Å²) in [7, 11) is 0. The molecule has 1 atom stereocenters. The van der Waals surface area contributed by atoms with Crippen LogP contribution in [0.15, 0.2) is 18.2 Å². The van der Waals surface area contributed by atoms with E-state index in [0.717, 1.165) is 6.07 Å². The molecule has 0 saturated carbocycles. The maximum absolute atomic E-state index is 13.3. The predicted octanol–water partition coefficient (Wildman–Crippen LogP) is 1.07. The third-order valence-corrected chi connectivity index (χ3v) is 1.96. The number of hydrogen-bond acceptors (Lipinski definition) is 3. The molecule has 92 valence electrons. The topological polar surface area (TPSA) is 84.2 Å². The van der Waals surface area contributed by atoms with E-state index < -0.39 is 11.9 Å². The number of rotatable bonds is 3. The van der Waals surface area contributed by atoms with Crippen molar-refractivity contribution in [2.75, 3.05) is 10.6 Å². The van der Waals surface area contributed by atoms with E-state index >= 15 is 0 Å². The highest BCUT2D eigenvalue weighted by molar-refractivity contribution is 5.95. The summed E-state index contributed by atoms with van der Waals surface area (Å²) >= 11 is 0. The van der Waals surface area contributed by atoms with Gasteiger partial charge in [0.2, 0.25) is 11.8 Å². The number of nitrogens with two attached hydrogens (primary N) is 1. The number of anilines is 2. The van der Waals surface area contributed by atoms with Gasteiger partial charge in [-0.05, 0) is 25.1 Å². The van der Waals surface area contributed by atoms with Crippen molar-refractivity contribution in [3.63, 3.8) is 0 Å². The van der Waals surface area contributed by atoms with Gasteiger partial charge in [-0.3, -0.25) is 9.59 Å². The third kappa shape index (κ3) is 3.84. The second-order valence-electron chi connectivity index (χ2n) is 3.65. The fourth-order valence-electron chi connectivity index (χ4n) is 1.14. The molecular weight excluding hydrogens is 225 g/mol. The van der Waals surface area contributed by atoms with Gasteiger partial charge in [0.1, 0.15) is 5.82 Å². The molecule has 0 aliphatic carbocycles. The van der Waals surface area contributed by atoms with Crippen LogP contribution in [0.25, 0.3) is 0 Å². The molecular formula is C11H14FN3O2. The summed E-state index contributed by atoms with van der Waals surface area (Å²) in [6, 6.07) is 3.21. The molecule has 0 aliphatic heterocycles. The van der Waals surface area contributed by atoms with E-state index in [2.05, 4.69) is 10.6 Å². The number of amides is 2. The van der Waals surface area contributed by atoms with E-state index in [1.807, 2.05) is 0 Å². The van der Waals surface area contributed by atoms with Crippen molar-refractivity contribution in [3.8, 4) is 0 Å². The van der Waals surface area contributed by atoms with Crippen LogP contribution in [0.1, 0.15) is 13.8 Å². The number of halogens is 1. The predicted molar refractivity (Wildman–Crippen MR) is 63.0 cm³/mol. The highest BCUT2D eigenvalue weighted by Gasteiger charge is 2.10. The van der Waals surface area contributed by atoms with Crippen LogP contribution in [0.3, 0.4) is 0 Å². The summed E-state index contributed by atoms with van der Waals surface area (Å²) in [5.74, 6) is -1.34. The lowest BCUT2D eigenvalue weighted by atomic mass is 10.2. The molecule has 0 heterocycles. The van der Waals surface area contributed by atoms with Gasteiger partial charge in [-0.2, -0.15) is 0 Å². The Bertz CT molecular complexity index is 446. The fraction of sp³-hybridized carbons (Fsp3) is 0.273. The molecule has 0 saturated heterocycles. The zero-order chi connectivity index (χ0) is 13.0. The molecule has 0 spiro atoms. The summed E-state index contributed by atoms with van der Waals surface area (Å²) in [5.41, 5.74) is 5.76. The molecule has 0 unspecified atom stereocenters. The zero-order valence-electron chi connectivity index (χ0n) is 9.58. The second-order valence-corrected chi connectivity index (χ2v) is 3.65. The normalized spacial score (nSPS) is 11.8. The van der Waals surface area contributed by atoms with E-state index in [-0.39, 0.29) is 17.5 Å². The van der Waals surface area contributed by atoms with Gasteiger partial charge in [-0.15, -0.1) is 0 Å². The zero-order valence-corrected chi connectivity index (χ0v) is 9.58. The van der Waals surface area contributed by atoms with Crippen LogP contribution >= 0.6 is 0 Å². The molecule has 4 N–H and O–H groups in total. The van der Waals surface area contributed by atoms with Gasteiger partial charge in [0.25, 0.3) is 0 Å². The van der Waals surface area contributed by atoms with Gasteiger partial charge in [-0.25, -0.2) is 4.39 Å². The van der Waals surface area contributed by atoms with Crippen LogP contribution in [-0.4, -0.2) is 17.9 Å². The first-order valence-electron chi connectivity index (χ1n) is 5.03. The van der Waals surface area contributed by atoms with Crippen LogP contribution < -0.4 is 16.4 Å². The van der Waals surface area contributed by atoms with Gasteiger partial charge < -0.3 is 16.4 Å². The lowest BCUT2D eigenvalue weighted by Gasteiger charge is -2.10. The molecule has 5 nitrogen and oxygen atoms in total. The lowest BCUT2D eigenvalue weighted by Crippen LogP contribution is -2.32. The van der Waals surface area contributed by atoms with Gasteiger partial charge in [0.15, 0.2) is 0 Å². The van der Waals surface area contributed by atoms with E-state index in [9.17, 15) is 14.0 Å². The Kier molecular flexibility index (Phi) is 4.17. The summed E-state index contributed by atoms with van der Waals surface area (Å²) in [6.45, 7) is 2.81. The Morgan fingerprint density at radius 3 is 2.53 bits per heavy atom. The molecule has 2 amide bonds. The maximum Gasteiger partial charge on any atom is 0.240 e. The minimum atomic E-state index is -0.663. The summed E-state index contributed by atoms with van der Waals surface area (Å²) in [5, 5.41) is 4.82.